The molecule has 2 N–H and O–H groups in total. The highest BCUT2D eigenvalue weighted by Crippen LogP contribution is 2.19. The van der Waals surface area contributed by atoms with Gasteiger partial charge in [0.05, 0.1) is 5.92 Å². The first kappa shape index (κ1) is 16.2. The van der Waals surface area contributed by atoms with E-state index in [-0.39, 0.29) is 19.6 Å². The molecular formula is C13H17ClN2O4S. The van der Waals surface area contributed by atoms with Crippen molar-refractivity contribution in [1.29, 1.82) is 0 Å². The van der Waals surface area contributed by atoms with E-state index >= 15 is 0 Å². The molecule has 1 aliphatic rings. The fourth-order valence-corrected chi connectivity index (χ4v) is 3.69. The van der Waals surface area contributed by atoms with Crippen molar-refractivity contribution < 1.29 is 18.3 Å². The van der Waals surface area contributed by atoms with Crippen molar-refractivity contribution in [2.24, 2.45) is 5.92 Å². The maximum absolute atomic E-state index is 12.2. The molecule has 1 heterocycles. The summed E-state index contributed by atoms with van der Waals surface area (Å²) in [6.07, 6.45) is 0.681. The Morgan fingerprint density at radius 3 is 2.62 bits per heavy atom. The van der Waals surface area contributed by atoms with Crippen molar-refractivity contribution in [2.75, 3.05) is 13.1 Å². The first-order valence-electron chi connectivity index (χ1n) is 6.60. The van der Waals surface area contributed by atoms with Gasteiger partial charge in [-0.05, 0) is 30.5 Å². The van der Waals surface area contributed by atoms with Gasteiger partial charge in [0.25, 0.3) is 10.2 Å². The van der Waals surface area contributed by atoms with Crippen LogP contribution in [-0.4, -0.2) is 36.9 Å². The summed E-state index contributed by atoms with van der Waals surface area (Å²) in [5.41, 5.74) is 0.770. The van der Waals surface area contributed by atoms with Crippen molar-refractivity contribution in [2.45, 2.75) is 19.4 Å². The van der Waals surface area contributed by atoms with E-state index in [9.17, 15) is 13.2 Å². The Bertz CT molecular complexity index is 612. The van der Waals surface area contributed by atoms with Crippen molar-refractivity contribution in [3.05, 3.63) is 34.9 Å². The molecule has 6 nitrogen and oxygen atoms in total. The van der Waals surface area contributed by atoms with E-state index in [1.165, 1.54) is 4.31 Å². The average Bonchev–Trinajstić information content (AvgIpc) is 2.45. The quantitative estimate of drug-likeness (QED) is 0.855. The van der Waals surface area contributed by atoms with Crippen molar-refractivity contribution >= 4 is 27.8 Å². The number of hydrogen-bond acceptors (Lipinski definition) is 3. The Balaban J connectivity index is 1.92. The van der Waals surface area contributed by atoms with Crippen LogP contribution >= 0.6 is 11.6 Å². The molecule has 0 atom stereocenters. The summed E-state index contributed by atoms with van der Waals surface area (Å²) in [6.45, 7) is 0.603. The van der Waals surface area contributed by atoms with E-state index in [1.807, 2.05) is 0 Å². The Hall–Kier alpha value is -1.15. The number of carbonyl (C=O) groups is 1. The van der Waals surface area contributed by atoms with Gasteiger partial charge in [0.15, 0.2) is 0 Å². The van der Waals surface area contributed by atoms with Gasteiger partial charge >= 0.3 is 5.97 Å². The van der Waals surface area contributed by atoms with E-state index in [0.29, 0.717) is 17.9 Å². The Morgan fingerprint density at radius 2 is 2.05 bits per heavy atom. The highest BCUT2D eigenvalue weighted by atomic mass is 35.5. The first-order valence-corrected chi connectivity index (χ1v) is 8.42. The molecular weight excluding hydrogens is 316 g/mol. The first-order chi connectivity index (χ1) is 9.88. The smallest absolute Gasteiger partial charge is 0.306 e. The molecule has 0 radical (unpaired) electrons. The molecule has 0 spiro atoms. The molecule has 0 aliphatic carbocycles. The summed E-state index contributed by atoms with van der Waals surface area (Å²) in [5.74, 6) is -1.32. The lowest BCUT2D eigenvalue weighted by Gasteiger charge is -2.29. The van der Waals surface area contributed by atoms with Gasteiger partial charge in [-0.25, -0.2) is 0 Å². The normalized spacial score (nSPS) is 17.8. The minimum Gasteiger partial charge on any atom is -0.481 e. The van der Waals surface area contributed by atoms with Gasteiger partial charge in [-0.15, -0.1) is 0 Å². The zero-order valence-electron chi connectivity index (χ0n) is 11.3. The van der Waals surface area contributed by atoms with Gasteiger partial charge in [0, 0.05) is 24.7 Å². The van der Waals surface area contributed by atoms with Crippen LogP contribution in [0.4, 0.5) is 0 Å². The second-order valence-electron chi connectivity index (χ2n) is 4.97. The van der Waals surface area contributed by atoms with Crippen LogP contribution in [0.5, 0.6) is 0 Å². The summed E-state index contributed by atoms with van der Waals surface area (Å²) in [5, 5.41) is 9.46. The number of nitrogens with one attached hydrogen (secondary N) is 1. The second kappa shape index (κ2) is 6.74. The molecule has 0 unspecified atom stereocenters. The number of aliphatic carboxylic acids is 1. The third-order valence-corrected chi connectivity index (χ3v) is 5.28. The lowest BCUT2D eigenvalue weighted by Crippen LogP contribution is -2.45. The SMILES string of the molecule is O=C(O)C1CCN(S(=O)(=O)NCc2cccc(Cl)c2)CC1. The van der Waals surface area contributed by atoms with Crippen molar-refractivity contribution in [3.8, 4) is 0 Å². The van der Waals surface area contributed by atoms with Gasteiger partial charge in [0.1, 0.15) is 0 Å². The number of benzene rings is 1. The van der Waals surface area contributed by atoms with Crippen LogP contribution in [0.15, 0.2) is 24.3 Å². The predicted molar refractivity (Wildman–Crippen MR) is 79.1 cm³/mol. The van der Waals surface area contributed by atoms with Crippen molar-refractivity contribution in [3.63, 3.8) is 0 Å². The standard InChI is InChI=1S/C13H17ClN2O4S/c14-12-3-1-2-10(8-12)9-15-21(19,20)16-6-4-11(5-7-16)13(17)18/h1-3,8,11,15H,4-7,9H2,(H,17,18). The average molecular weight is 333 g/mol. The van der Waals surface area contributed by atoms with Crippen LogP contribution in [0, 0.1) is 5.92 Å². The van der Waals surface area contributed by atoms with Gasteiger partial charge in [-0.2, -0.15) is 17.4 Å². The van der Waals surface area contributed by atoms with Crippen LogP contribution in [0.1, 0.15) is 18.4 Å². The summed E-state index contributed by atoms with van der Waals surface area (Å²) in [6, 6.07) is 6.95. The molecule has 1 fully saturated rings. The zero-order chi connectivity index (χ0) is 15.5. The number of halogens is 1. The van der Waals surface area contributed by atoms with Crippen LogP contribution in [0.2, 0.25) is 5.02 Å². The van der Waals surface area contributed by atoms with E-state index < -0.39 is 22.1 Å². The third kappa shape index (κ3) is 4.41. The fraction of sp³-hybridized carbons (Fsp3) is 0.462. The minimum atomic E-state index is -3.60. The summed E-state index contributed by atoms with van der Waals surface area (Å²) >= 11 is 5.85. The minimum absolute atomic E-state index is 0.155. The summed E-state index contributed by atoms with van der Waals surface area (Å²) < 4.78 is 28.1. The third-order valence-electron chi connectivity index (χ3n) is 3.49. The zero-order valence-corrected chi connectivity index (χ0v) is 12.9. The molecule has 0 aromatic heterocycles. The Morgan fingerprint density at radius 1 is 1.38 bits per heavy atom. The van der Waals surface area contributed by atoms with Gasteiger partial charge in [-0.3, -0.25) is 4.79 Å². The Labute approximate surface area is 128 Å². The highest BCUT2D eigenvalue weighted by molar-refractivity contribution is 7.87. The lowest BCUT2D eigenvalue weighted by atomic mass is 9.99. The second-order valence-corrected chi connectivity index (χ2v) is 7.16. The molecule has 1 aromatic rings. The topological polar surface area (TPSA) is 86.7 Å². The van der Waals surface area contributed by atoms with Crippen molar-refractivity contribution in [1.82, 2.24) is 9.03 Å². The number of hydrogen-bond donors (Lipinski definition) is 2. The van der Waals surface area contributed by atoms with E-state index in [2.05, 4.69) is 4.72 Å². The van der Waals surface area contributed by atoms with Crippen LogP contribution in [0.25, 0.3) is 0 Å². The van der Waals surface area contributed by atoms with Gasteiger partial charge < -0.3 is 5.11 Å². The maximum atomic E-state index is 12.2. The molecule has 0 bridgehead atoms. The van der Waals surface area contributed by atoms with Gasteiger partial charge in [-0.1, -0.05) is 23.7 Å². The van der Waals surface area contributed by atoms with E-state index in [4.69, 9.17) is 16.7 Å². The van der Waals surface area contributed by atoms with Crippen LogP contribution in [0.3, 0.4) is 0 Å². The van der Waals surface area contributed by atoms with E-state index in [0.717, 1.165) is 5.56 Å². The van der Waals surface area contributed by atoms with Crippen LogP contribution in [-0.2, 0) is 21.5 Å². The highest BCUT2D eigenvalue weighted by Gasteiger charge is 2.30. The monoisotopic (exact) mass is 332 g/mol. The Kier molecular flexibility index (Phi) is 5.21. The lowest BCUT2D eigenvalue weighted by molar-refractivity contribution is -0.142. The molecule has 1 saturated heterocycles. The van der Waals surface area contributed by atoms with Gasteiger partial charge in [0.2, 0.25) is 0 Å². The van der Waals surface area contributed by atoms with E-state index in [1.54, 1.807) is 24.3 Å². The predicted octanol–water partition coefficient (Wildman–Crippen LogP) is 1.47. The molecule has 2 rings (SSSR count). The number of piperidine rings is 1. The fourth-order valence-electron chi connectivity index (χ4n) is 2.26. The number of nitrogens with zero attached hydrogens (tertiary/aromatic N) is 1. The van der Waals surface area contributed by atoms with Crippen LogP contribution < -0.4 is 4.72 Å². The number of carboxylic acids is 1. The summed E-state index contributed by atoms with van der Waals surface area (Å²) in [4.78, 5) is 10.9. The maximum Gasteiger partial charge on any atom is 0.306 e. The molecule has 1 aliphatic heterocycles. The number of carboxylic acid groups (broad SMARTS) is 1. The number of rotatable bonds is 5. The molecule has 1 aromatic carbocycles. The molecule has 0 saturated carbocycles. The molecule has 21 heavy (non-hydrogen) atoms. The molecule has 116 valence electrons. The molecule has 0 amide bonds. The summed E-state index contributed by atoms with van der Waals surface area (Å²) in [7, 11) is -3.60. The molecule has 8 heteroatoms. The largest absolute Gasteiger partial charge is 0.481 e.